The highest BCUT2D eigenvalue weighted by Gasteiger charge is 2.07. The molecule has 2 aromatic rings. The van der Waals surface area contributed by atoms with Crippen LogP contribution in [0.5, 0.6) is 0 Å². The van der Waals surface area contributed by atoms with Crippen molar-refractivity contribution < 1.29 is 0 Å². The maximum Gasteiger partial charge on any atom is 0.0516 e. The van der Waals surface area contributed by atoms with E-state index in [1.54, 1.807) is 0 Å². The quantitative estimate of drug-likeness (QED) is 0.646. The SMILES string of the molecule is C=Cc1c(C)c2cnccc2n1C. The Hall–Kier alpha value is -1.57. The lowest BCUT2D eigenvalue weighted by atomic mass is 10.2. The highest BCUT2D eigenvalue weighted by atomic mass is 14.9. The second-order valence-electron chi connectivity index (χ2n) is 3.17. The number of hydrogen-bond acceptors (Lipinski definition) is 1. The van der Waals surface area contributed by atoms with Crippen LogP contribution in [0.15, 0.2) is 25.0 Å². The summed E-state index contributed by atoms with van der Waals surface area (Å²) in [5, 5.41) is 1.21. The van der Waals surface area contributed by atoms with Gasteiger partial charge >= 0.3 is 0 Å². The first-order chi connectivity index (χ1) is 6.25. The summed E-state index contributed by atoms with van der Waals surface area (Å²) in [5.74, 6) is 0. The molecule has 2 heterocycles. The molecule has 0 radical (unpaired) electrons. The Morgan fingerprint density at radius 3 is 2.92 bits per heavy atom. The van der Waals surface area contributed by atoms with Gasteiger partial charge in [0.05, 0.1) is 5.52 Å². The van der Waals surface area contributed by atoms with Crippen LogP contribution in [0, 0.1) is 6.92 Å². The lowest BCUT2D eigenvalue weighted by molar-refractivity contribution is 0.948. The van der Waals surface area contributed by atoms with E-state index in [-0.39, 0.29) is 0 Å². The molecule has 2 heteroatoms. The summed E-state index contributed by atoms with van der Waals surface area (Å²) in [6.07, 6.45) is 5.60. The molecule has 0 aliphatic carbocycles. The van der Waals surface area contributed by atoms with Gasteiger partial charge in [-0.3, -0.25) is 4.98 Å². The highest BCUT2D eigenvalue weighted by Crippen LogP contribution is 2.23. The van der Waals surface area contributed by atoms with E-state index in [2.05, 4.69) is 23.1 Å². The van der Waals surface area contributed by atoms with Crippen molar-refractivity contribution >= 4 is 17.0 Å². The minimum Gasteiger partial charge on any atom is -0.344 e. The van der Waals surface area contributed by atoms with Crippen LogP contribution < -0.4 is 0 Å². The van der Waals surface area contributed by atoms with Crippen LogP contribution in [0.2, 0.25) is 0 Å². The van der Waals surface area contributed by atoms with E-state index in [0.29, 0.717) is 0 Å². The minimum atomic E-state index is 1.17. The predicted molar refractivity (Wildman–Crippen MR) is 55.5 cm³/mol. The summed E-state index contributed by atoms with van der Waals surface area (Å²) in [6.45, 7) is 5.90. The number of nitrogens with zero attached hydrogens (tertiary/aromatic N) is 2. The van der Waals surface area contributed by atoms with Crippen molar-refractivity contribution in [1.29, 1.82) is 0 Å². The van der Waals surface area contributed by atoms with Gasteiger partial charge in [-0.2, -0.15) is 0 Å². The Kier molecular flexibility index (Phi) is 1.69. The van der Waals surface area contributed by atoms with Crippen molar-refractivity contribution in [2.75, 3.05) is 0 Å². The zero-order valence-corrected chi connectivity index (χ0v) is 7.91. The number of aryl methyl sites for hydroxylation is 2. The molecule has 0 spiro atoms. The van der Waals surface area contributed by atoms with E-state index >= 15 is 0 Å². The zero-order valence-electron chi connectivity index (χ0n) is 7.91. The Bertz CT molecular complexity index is 427. The molecular weight excluding hydrogens is 160 g/mol. The van der Waals surface area contributed by atoms with Crippen LogP contribution in [-0.2, 0) is 7.05 Å². The highest BCUT2D eigenvalue weighted by molar-refractivity contribution is 5.86. The van der Waals surface area contributed by atoms with Gasteiger partial charge in [-0.1, -0.05) is 6.58 Å². The van der Waals surface area contributed by atoms with Crippen molar-refractivity contribution in [3.63, 3.8) is 0 Å². The van der Waals surface area contributed by atoms with E-state index in [9.17, 15) is 0 Å². The van der Waals surface area contributed by atoms with E-state index < -0.39 is 0 Å². The molecule has 0 atom stereocenters. The Morgan fingerprint density at radius 1 is 1.54 bits per heavy atom. The molecule has 0 amide bonds. The lowest BCUT2D eigenvalue weighted by Gasteiger charge is -1.97. The van der Waals surface area contributed by atoms with Gasteiger partial charge in [0, 0.05) is 30.5 Å². The molecule has 0 saturated carbocycles. The van der Waals surface area contributed by atoms with Crippen LogP contribution in [0.4, 0.5) is 0 Å². The van der Waals surface area contributed by atoms with Crippen molar-refractivity contribution in [3.05, 3.63) is 36.3 Å². The molecule has 2 rings (SSSR count). The summed E-state index contributed by atoms with van der Waals surface area (Å²) >= 11 is 0. The van der Waals surface area contributed by atoms with Crippen LogP contribution in [0.25, 0.3) is 17.0 Å². The Morgan fingerprint density at radius 2 is 2.31 bits per heavy atom. The van der Waals surface area contributed by atoms with Crippen molar-refractivity contribution in [3.8, 4) is 0 Å². The molecule has 2 nitrogen and oxygen atoms in total. The van der Waals surface area contributed by atoms with Gasteiger partial charge in [0.25, 0.3) is 0 Å². The van der Waals surface area contributed by atoms with E-state index in [0.717, 1.165) is 0 Å². The van der Waals surface area contributed by atoms with Gasteiger partial charge in [-0.25, -0.2) is 0 Å². The molecule has 0 unspecified atom stereocenters. The average Bonchev–Trinajstić information content (AvgIpc) is 2.41. The zero-order chi connectivity index (χ0) is 9.42. The number of aromatic nitrogens is 2. The van der Waals surface area contributed by atoms with Crippen molar-refractivity contribution in [2.45, 2.75) is 6.92 Å². The van der Waals surface area contributed by atoms with Gasteiger partial charge in [-0.05, 0) is 24.6 Å². The summed E-state index contributed by atoms with van der Waals surface area (Å²) in [6, 6.07) is 2.02. The first kappa shape index (κ1) is 8.05. The third kappa shape index (κ3) is 0.985. The van der Waals surface area contributed by atoms with Gasteiger partial charge in [-0.15, -0.1) is 0 Å². The topological polar surface area (TPSA) is 17.8 Å². The van der Waals surface area contributed by atoms with Gasteiger partial charge in [0.15, 0.2) is 0 Å². The number of pyridine rings is 1. The third-order valence-corrected chi connectivity index (χ3v) is 2.50. The summed E-state index contributed by atoms with van der Waals surface area (Å²) in [4.78, 5) is 4.11. The first-order valence-corrected chi connectivity index (χ1v) is 4.27. The van der Waals surface area contributed by atoms with Crippen LogP contribution in [0.1, 0.15) is 11.3 Å². The number of rotatable bonds is 1. The molecule has 2 aromatic heterocycles. The summed E-state index contributed by atoms with van der Waals surface area (Å²) < 4.78 is 2.14. The van der Waals surface area contributed by atoms with Gasteiger partial charge < -0.3 is 4.57 Å². The largest absolute Gasteiger partial charge is 0.344 e. The molecule has 66 valence electrons. The van der Waals surface area contributed by atoms with Crippen molar-refractivity contribution in [1.82, 2.24) is 9.55 Å². The smallest absolute Gasteiger partial charge is 0.0516 e. The van der Waals surface area contributed by atoms with Crippen LogP contribution in [0.3, 0.4) is 0 Å². The second kappa shape index (κ2) is 2.73. The lowest BCUT2D eigenvalue weighted by Crippen LogP contribution is -1.90. The van der Waals surface area contributed by atoms with Gasteiger partial charge in [0.2, 0.25) is 0 Å². The Balaban J connectivity index is 2.96. The fourth-order valence-electron chi connectivity index (χ4n) is 1.78. The molecule has 0 aliphatic heterocycles. The monoisotopic (exact) mass is 172 g/mol. The number of fused-ring (bicyclic) bond motifs is 1. The predicted octanol–water partition coefficient (Wildman–Crippen LogP) is 2.52. The molecule has 0 aliphatic rings. The van der Waals surface area contributed by atoms with Crippen LogP contribution >= 0.6 is 0 Å². The molecule has 0 N–H and O–H groups in total. The third-order valence-electron chi connectivity index (χ3n) is 2.50. The summed E-state index contributed by atoms with van der Waals surface area (Å²) in [7, 11) is 2.05. The van der Waals surface area contributed by atoms with E-state index in [1.807, 2.05) is 31.6 Å². The summed E-state index contributed by atoms with van der Waals surface area (Å²) in [5.41, 5.74) is 3.63. The molecule has 13 heavy (non-hydrogen) atoms. The second-order valence-corrected chi connectivity index (χ2v) is 3.17. The maximum atomic E-state index is 4.11. The van der Waals surface area contributed by atoms with Crippen molar-refractivity contribution in [2.24, 2.45) is 7.05 Å². The average molecular weight is 172 g/mol. The molecule has 0 fully saturated rings. The molecule has 0 bridgehead atoms. The molecule has 0 saturated heterocycles. The number of hydrogen-bond donors (Lipinski definition) is 0. The van der Waals surface area contributed by atoms with E-state index in [1.165, 1.54) is 22.2 Å². The van der Waals surface area contributed by atoms with E-state index in [4.69, 9.17) is 0 Å². The molecular formula is C11H12N2. The fraction of sp³-hybridized carbons (Fsp3) is 0.182. The first-order valence-electron chi connectivity index (χ1n) is 4.27. The standard InChI is InChI=1S/C11H12N2/c1-4-10-8(2)9-7-12-6-5-11(9)13(10)3/h4-7H,1H2,2-3H3. The normalized spacial score (nSPS) is 10.6. The van der Waals surface area contributed by atoms with Gasteiger partial charge in [0.1, 0.15) is 0 Å². The molecule has 0 aromatic carbocycles. The Labute approximate surface area is 77.5 Å². The maximum absolute atomic E-state index is 4.11. The van der Waals surface area contributed by atoms with Crippen LogP contribution in [-0.4, -0.2) is 9.55 Å². The minimum absolute atomic E-state index is 1.17. The fourth-order valence-corrected chi connectivity index (χ4v) is 1.78.